The lowest BCUT2D eigenvalue weighted by Crippen LogP contribution is -2.50. The van der Waals surface area contributed by atoms with Crippen LogP contribution in [0.15, 0.2) is 0 Å². The number of nitrogens with zero attached hydrogens (tertiary/aromatic N) is 3. The van der Waals surface area contributed by atoms with Gasteiger partial charge in [0, 0.05) is 37.1 Å². The molecule has 2 heterocycles. The van der Waals surface area contributed by atoms with E-state index in [2.05, 4.69) is 49.9 Å². The van der Waals surface area contributed by atoms with Gasteiger partial charge in [-0.3, -0.25) is 0 Å². The monoisotopic (exact) mass is 310 g/mol. The molecule has 2 rings (SSSR count). The fourth-order valence-electron chi connectivity index (χ4n) is 2.62. The van der Waals surface area contributed by atoms with Crippen molar-refractivity contribution in [3.63, 3.8) is 0 Å². The number of aromatic nitrogens is 1. The van der Waals surface area contributed by atoms with Gasteiger partial charge in [0.15, 0.2) is 5.13 Å². The van der Waals surface area contributed by atoms with Gasteiger partial charge >= 0.3 is 0 Å². The molecule has 0 spiro atoms. The second-order valence-corrected chi connectivity index (χ2v) is 7.58. The van der Waals surface area contributed by atoms with Crippen LogP contribution < -0.4 is 10.2 Å². The summed E-state index contributed by atoms with van der Waals surface area (Å²) in [5.74, 6) is 0.695. The molecular weight excluding hydrogens is 280 g/mol. The Morgan fingerprint density at radius 3 is 2.76 bits per heavy atom. The van der Waals surface area contributed by atoms with Gasteiger partial charge in [-0.15, -0.1) is 11.3 Å². The molecule has 1 saturated heterocycles. The van der Waals surface area contributed by atoms with E-state index in [0.717, 1.165) is 39.1 Å². The number of rotatable bonds is 6. The molecule has 1 aromatic heterocycles. The van der Waals surface area contributed by atoms with Crippen molar-refractivity contribution in [2.24, 2.45) is 5.92 Å². The molecule has 1 aliphatic rings. The molecule has 120 valence electrons. The molecule has 21 heavy (non-hydrogen) atoms. The van der Waals surface area contributed by atoms with E-state index in [4.69, 9.17) is 4.98 Å². The Balaban J connectivity index is 2.02. The van der Waals surface area contributed by atoms with Crippen molar-refractivity contribution in [1.82, 2.24) is 15.2 Å². The standard InChI is InChI=1S/C16H30N4S/c1-6-14-15(10-17-9-12(2)3)21-16(18-14)20-8-7-19(5)13(4)11-20/h12-13,17H,6-11H2,1-5H3. The van der Waals surface area contributed by atoms with E-state index < -0.39 is 0 Å². The van der Waals surface area contributed by atoms with Crippen LogP contribution in [0.4, 0.5) is 5.13 Å². The van der Waals surface area contributed by atoms with Crippen molar-refractivity contribution in [2.75, 3.05) is 38.1 Å². The Morgan fingerprint density at radius 2 is 2.14 bits per heavy atom. The van der Waals surface area contributed by atoms with E-state index in [1.807, 2.05) is 11.3 Å². The van der Waals surface area contributed by atoms with Crippen LogP contribution in [-0.4, -0.2) is 49.2 Å². The maximum atomic E-state index is 4.90. The number of nitrogens with one attached hydrogen (secondary N) is 1. The van der Waals surface area contributed by atoms with Crippen LogP contribution >= 0.6 is 11.3 Å². The number of hydrogen-bond acceptors (Lipinski definition) is 5. The smallest absolute Gasteiger partial charge is 0.185 e. The maximum absolute atomic E-state index is 4.90. The van der Waals surface area contributed by atoms with Crippen LogP contribution in [0.3, 0.4) is 0 Å². The van der Waals surface area contributed by atoms with Gasteiger partial charge in [0.25, 0.3) is 0 Å². The van der Waals surface area contributed by atoms with Crippen LogP contribution in [0.1, 0.15) is 38.3 Å². The second-order valence-electron chi connectivity index (χ2n) is 6.52. The summed E-state index contributed by atoms with van der Waals surface area (Å²) in [6, 6.07) is 0.607. The first-order valence-corrected chi connectivity index (χ1v) is 8.97. The van der Waals surface area contributed by atoms with Gasteiger partial charge in [0.2, 0.25) is 0 Å². The third kappa shape index (κ3) is 4.41. The lowest BCUT2D eigenvalue weighted by atomic mass is 10.2. The van der Waals surface area contributed by atoms with Gasteiger partial charge in [0.1, 0.15) is 0 Å². The molecule has 1 fully saturated rings. The van der Waals surface area contributed by atoms with Crippen molar-refractivity contribution in [3.05, 3.63) is 10.6 Å². The van der Waals surface area contributed by atoms with Crippen molar-refractivity contribution >= 4 is 16.5 Å². The average molecular weight is 311 g/mol. The minimum absolute atomic E-state index is 0.607. The summed E-state index contributed by atoms with van der Waals surface area (Å²) in [4.78, 5) is 11.2. The fourth-order valence-corrected chi connectivity index (χ4v) is 3.77. The first-order chi connectivity index (χ1) is 10.0. The molecular formula is C16H30N4S. The van der Waals surface area contributed by atoms with Gasteiger partial charge in [-0.05, 0) is 32.9 Å². The molecule has 0 amide bonds. The highest BCUT2D eigenvalue weighted by molar-refractivity contribution is 7.15. The molecule has 1 atom stereocenters. The Kier molecular flexibility index (Phi) is 6.02. The largest absolute Gasteiger partial charge is 0.345 e. The summed E-state index contributed by atoms with van der Waals surface area (Å²) in [6.07, 6.45) is 1.03. The summed E-state index contributed by atoms with van der Waals surface area (Å²) in [6.45, 7) is 14.3. The van der Waals surface area contributed by atoms with Crippen LogP contribution in [0, 0.1) is 5.92 Å². The Bertz CT molecular complexity index is 443. The molecule has 1 N–H and O–H groups in total. The van der Waals surface area contributed by atoms with Gasteiger partial charge in [-0.2, -0.15) is 0 Å². The van der Waals surface area contributed by atoms with Crippen molar-refractivity contribution < 1.29 is 0 Å². The molecule has 1 aliphatic heterocycles. The highest BCUT2D eigenvalue weighted by Gasteiger charge is 2.23. The number of anilines is 1. The van der Waals surface area contributed by atoms with E-state index in [-0.39, 0.29) is 0 Å². The Hall–Kier alpha value is -0.650. The normalized spacial score (nSPS) is 20.5. The van der Waals surface area contributed by atoms with E-state index in [9.17, 15) is 0 Å². The second kappa shape index (κ2) is 7.56. The lowest BCUT2D eigenvalue weighted by molar-refractivity contribution is 0.234. The zero-order valence-electron chi connectivity index (χ0n) is 14.1. The van der Waals surface area contributed by atoms with E-state index in [0.29, 0.717) is 12.0 Å². The Labute approximate surface area is 133 Å². The third-order valence-electron chi connectivity index (χ3n) is 4.17. The van der Waals surface area contributed by atoms with Gasteiger partial charge < -0.3 is 15.1 Å². The highest BCUT2D eigenvalue weighted by Crippen LogP contribution is 2.28. The number of thiazole rings is 1. The summed E-state index contributed by atoms with van der Waals surface area (Å²) < 4.78 is 0. The maximum Gasteiger partial charge on any atom is 0.185 e. The average Bonchev–Trinajstić information content (AvgIpc) is 2.85. The Morgan fingerprint density at radius 1 is 1.38 bits per heavy atom. The number of hydrogen-bond donors (Lipinski definition) is 1. The number of likely N-dealkylation sites (N-methyl/N-ethyl adjacent to an activating group) is 1. The summed E-state index contributed by atoms with van der Waals surface area (Å²) in [5.41, 5.74) is 1.28. The first kappa shape index (κ1) is 16.7. The quantitative estimate of drug-likeness (QED) is 0.875. The first-order valence-electron chi connectivity index (χ1n) is 8.15. The van der Waals surface area contributed by atoms with E-state index in [1.54, 1.807) is 0 Å². The molecule has 4 nitrogen and oxygen atoms in total. The van der Waals surface area contributed by atoms with Crippen molar-refractivity contribution in [3.8, 4) is 0 Å². The van der Waals surface area contributed by atoms with Crippen LogP contribution in [0.5, 0.6) is 0 Å². The molecule has 0 radical (unpaired) electrons. The molecule has 0 bridgehead atoms. The lowest BCUT2D eigenvalue weighted by Gasteiger charge is -2.37. The highest BCUT2D eigenvalue weighted by atomic mass is 32.1. The zero-order valence-corrected chi connectivity index (χ0v) is 15.0. The van der Waals surface area contributed by atoms with Crippen molar-refractivity contribution in [1.29, 1.82) is 0 Å². The van der Waals surface area contributed by atoms with Crippen molar-refractivity contribution in [2.45, 2.75) is 46.7 Å². The minimum atomic E-state index is 0.607. The number of aryl methyl sites for hydroxylation is 1. The van der Waals surface area contributed by atoms with E-state index >= 15 is 0 Å². The minimum Gasteiger partial charge on any atom is -0.345 e. The molecule has 0 aliphatic carbocycles. The molecule has 5 heteroatoms. The van der Waals surface area contributed by atoms with Crippen LogP contribution in [-0.2, 0) is 13.0 Å². The van der Waals surface area contributed by atoms with Gasteiger partial charge in [0.05, 0.1) is 5.69 Å². The molecule has 1 unspecified atom stereocenters. The SMILES string of the molecule is CCc1nc(N2CCN(C)C(C)C2)sc1CNCC(C)C. The summed E-state index contributed by atoms with van der Waals surface area (Å²) in [5, 5.41) is 4.77. The summed E-state index contributed by atoms with van der Waals surface area (Å²) >= 11 is 1.88. The van der Waals surface area contributed by atoms with E-state index in [1.165, 1.54) is 15.7 Å². The molecule has 1 aromatic rings. The molecule has 0 aromatic carbocycles. The topological polar surface area (TPSA) is 31.4 Å². The molecule has 0 saturated carbocycles. The van der Waals surface area contributed by atoms with Gasteiger partial charge in [-0.25, -0.2) is 4.98 Å². The third-order valence-corrected chi connectivity index (χ3v) is 5.33. The van der Waals surface area contributed by atoms with Crippen LogP contribution in [0.2, 0.25) is 0 Å². The van der Waals surface area contributed by atoms with Gasteiger partial charge in [-0.1, -0.05) is 20.8 Å². The summed E-state index contributed by atoms with van der Waals surface area (Å²) in [7, 11) is 2.21. The fraction of sp³-hybridized carbons (Fsp3) is 0.812. The number of piperazine rings is 1. The predicted octanol–water partition coefficient (Wildman–Crippen LogP) is 2.59. The van der Waals surface area contributed by atoms with Crippen LogP contribution in [0.25, 0.3) is 0 Å². The predicted molar refractivity (Wildman–Crippen MR) is 92.3 cm³/mol. The zero-order chi connectivity index (χ0) is 15.4.